The summed E-state index contributed by atoms with van der Waals surface area (Å²) in [6.45, 7) is 9.99. The lowest BCUT2D eigenvalue weighted by Crippen LogP contribution is -2.41. The maximum atomic E-state index is 6.04. The Morgan fingerprint density at radius 2 is 1.75 bits per heavy atom. The summed E-state index contributed by atoms with van der Waals surface area (Å²) in [6, 6.07) is 3.56. The van der Waals surface area contributed by atoms with Crippen LogP contribution in [0.2, 0.25) is 0 Å². The zero-order chi connectivity index (χ0) is 15.1. The summed E-state index contributed by atoms with van der Waals surface area (Å²) in [5.41, 5.74) is 6.80. The van der Waals surface area contributed by atoms with Crippen LogP contribution in [-0.2, 0) is 9.31 Å². The van der Waals surface area contributed by atoms with E-state index in [4.69, 9.17) is 19.8 Å². The maximum absolute atomic E-state index is 6.04. The lowest BCUT2D eigenvalue weighted by Gasteiger charge is -2.32. The van der Waals surface area contributed by atoms with E-state index in [0.717, 1.165) is 11.2 Å². The molecule has 1 aliphatic rings. The molecule has 1 saturated heterocycles. The van der Waals surface area contributed by atoms with Crippen molar-refractivity contribution in [3.8, 4) is 5.88 Å². The highest BCUT2D eigenvalue weighted by Gasteiger charge is 2.51. The number of methoxy groups -OCH3 is 1. The van der Waals surface area contributed by atoms with Crippen molar-refractivity contribution in [2.45, 2.75) is 51.9 Å². The summed E-state index contributed by atoms with van der Waals surface area (Å²) in [5.74, 6) is 0.518. The van der Waals surface area contributed by atoms with Gasteiger partial charge in [-0.1, -0.05) is 0 Å². The minimum absolute atomic E-state index is 0.175. The topological polar surface area (TPSA) is 66.6 Å². The Morgan fingerprint density at radius 3 is 2.20 bits per heavy atom. The first-order valence-electron chi connectivity index (χ1n) is 6.83. The van der Waals surface area contributed by atoms with Crippen LogP contribution < -0.4 is 15.9 Å². The Labute approximate surface area is 121 Å². The van der Waals surface area contributed by atoms with E-state index >= 15 is 0 Å². The second kappa shape index (κ2) is 5.02. The van der Waals surface area contributed by atoms with Crippen molar-refractivity contribution in [3.63, 3.8) is 0 Å². The van der Waals surface area contributed by atoms with Gasteiger partial charge in [0.25, 0.3) is 0 Å². The summed E-state index contributed by atoms with van der Waals surface area (Å²) in [5, 5.41) is 0. The standard InChI is InChI=1S/C14H23BN2O3/c1-9(16)11-7-10(8-12(17-11)18-6)15-19-13(2,3)14(4,5)20-15/h7-9H,16H2,1-6H3. The van der Waals surface area contributed by atoms with Gasteiger partial charge in [-0.2, -0.15) is 0 Å². The lowest BCUT2D eigenvalue weighted by molar-refractivity contribution is 0.00578. The summed E-state index contributed by atoms with van der Waals surface area (Å²) < 4.78 is 17.3. The third-order valence-electron chi connectivity index (χ3n) is 4.05. The van der Waals surface area contributed by atoms with Crippen molar-refractivity contribution in [1.82, 2.24) is 4.98 Å². The second-order valence-electron chi connectivity index (χ2n) is 6.24. The van der Waals surface area contributed by atoms with Crippen molar-refractivity contribution in [2.75, 3.05) is 7.11 Å². The largest absolute Gasteiger partial charge is 0.495 e. The summed E-state index contributed by atoms with van der Waals surface area (Å²) in [6.07, 6.45) is 0. The molecule has 0 aromatic carbocycles. The van der Waals surface area contributed by atoms with Crippen molar-refractivity contribution in [3.05, 3.63) is 17.8 Å². The predicted molar refractivity (Wildman–Crippen MR) is 79.1 cm³/mol. The quantitative estimate of drug-likeness (QED) is 0.847. The molecule has 1 aromatic heterocycles. The van der Waals surface area contributed by atoms with E-state index < -0.39 is 7.12 Å². The average Bonchev–Trinajstić information content (AvgIpc) is 2.58. The van der Waals surface area contributed by atoms with Gasteiger partial charge in [-0.3, -0.25) is 0 Å². The summed E-state index contributed by atoms with van der Waals surface area (Å²) in [4.78, 5) is 4.34. The molecule has 20 heavy (non-hydrogen) atoms. The SMILES string of the molecule is COc1cc(B2OC(C)(C)C(C)(C)O2)cc(C(C)N)n1. The van der Waals surface area contributed by atoms with Crippen molar-refractivity contribution in [2.24, 2.45) is 5.73 Å². The van der Waals surface area contributed by atoms with Gasteiger partial charge in [0.15, 0.2) is 0 Å². The molecule has 0 aliphatic carbocycles. The van der Waals surface area contributed by atoms with Crippen LogP contribution in [0.4, 0.5) is 0 Å². The zero-order valence-electron chi connectivity index (χ0n) is 13.1. The minimum Gasteiger partial charge on any atom is -0.481 e. The number of nitrogens with two attached hydrogens (primary N) is 1. The molecule has 1 aliphatic heterocycles. The van der Waals surface area contributed by atoms with Crippen LogP contribution in [0, 0.1) is 0 Å². The molecule has 1 unspecified atom stereocenters. The van der Waals surface area contributed by atoms with Gasteiger partial charge in [0.1, 0.15) is 0 Å². The Bertz CT molecular complexity index is 487. The van der Waals surface area contributed by atoms with Crippen LogP contribution in [0.5, 0.6) is 5.88 Å². The van der Waals surface area contributed by atoms with Crippen LogP contribution in [0.15, 0.2) is 12.1 Å². The van der Waals surface area contributed by atoms with Crippen LogP contribution in [0.1, 0.15) is 46.4 Å². The smallest absolute Gasteiger partial charge is 0.481 e. The first-order chi connectivity index (χ1) is 9.16. The normalized spacial score (nSPS) is 21.9. The maximum Gasteiger partial charge on any atom is 0.495 e. The monoisotopic (exact) mass is 278 g/mol. The van der Waals surface area contributed by atoms with Crippen molar-refractivity contribution < 1.29 is 14.0 Å². The molecule has 0 bridgehead atoms. The van der Waals surface area contributed by atoms with Gasteiger partial charge < -0.3 is 19.8 Å². The number of hydrogen-bond donors (Lipinski definition) is 1. The van der Waals surface area contributed by atoms with E-state index in [-0.39, 0.29) is 17.2 Å². The molecule has 110 valence electrons. The van der Waals surface area contributed by atoms with E-state index in [2.05, 4.69) is 4.98 Å². The highest BCUT2D eigenvalue weighted by atomic mass is 16.7. The highest BCUT2D eigenvalue weighted by molar-refractivity contribution is 6.62. The molecule has 0 amide bonds. The molecule has 1 aromatic rings. The number of rotatable bonds is 3. The van der Waals surface area contributed by atoms with E-state index in [0.29, 0.717) is 5.88 Å². The van der Waals surface area contributed by atoms with Gasteiger partial charge in [-0.25, -0.2) is 4.98 Å². The Hall–Kier alpha value is -1.11. The fourth-order valence-corrected chi connectivity index (χ4v) is 2.00. The summed E-state index contributed by atoms with van der Waals surface area (Å²) in [7, 11) is 1.15. The van der Waals surface area contributed by atoms with Crippen LogP contribution in [0.3, 0.4) is 0 Å². The number of hydrogen-bond acceptors (Lipinski definition) is 5. The molecule has 0 radical (unpaired) electrons. The molecule has 0 saturated carbocycles. The van der Waals surface area contributed by atoms with E-state index in [1.54, 1.807) is 7.11 Å². The summed E-state index contributed by atoms with van der Waals surface area (Å²) >= 11 is 0. The zero-order valence-corrected chi connectivity index (χ0v) is 13.1. The van der Waals surface area contributed by atoms with Gasteiger partial charge >= 0.3 is 7.12 Å². The van der Waals surface area contributed by atoms with Crippen molar-refractivity contribution >= 4 is 12.6 Å². The highest BCUT2D eigenvalue weighted by Crippen LogP contribution is 2.36. The number of nitrogens with zero attached hydrogens (tertiary/aromatic N) is 1. The minimum atomic E-state index is -0.436. The third kappa shape index (κ3) is 2.68. The third-order valence-corrected chi connectivity index (χ3v) is 4.05. The van der Waals surface area contributed by atoms with E-state index in [1.807, 2.05) is 46.8 Å². The van der Waals surface area contributed by atoms with Gasteiger partial charge in [-0.15, -0.1) is 0 Å². The molecular formula is C14H23BN2O3. The Morgan fingerprint density at radius 1 is 1.20 bits per heavy atom. The van der Waals surface area contributed by atoms with Gasteiger partial charge in [0.2, 0.25) is 5.88 Å². The molecule has 1 atom stereocenters. The van der Waals surface area contributed by atoms with E-state index in [1.165, 1.54) is 0 Å². The number of pyridine rings is 1. The van der Waals surface area contributed by atoms with Crippen LogP contribution in [-0.4, -0.2) is 30.4 Å². The van der Waals surface area contributed by atoms with Crippen molar-refractivity contribution in [1.29, 1.82) is 0 Å². The first-order valence-corrected chi connectivity index (χ1v) is 6.83. The van der Waals surface area contributed by atoms with E-state index in [9.17, 15) is 0 Å². The van der Waals surface area contributed by atoms with Gasteiger partial charge in [0.05, 0.1) is 24.0 Å². The molecule has 2 heterocycles. The van der Waals surface area contributed by atoms with Crippen LogP contribution in [0.25, 0.3) is 0 Å². The molecule has 2 rings (SSSR count). The Kier molecular flexibility index (Phi) is 3.84. The molecule has 6 heteroatoms. The fourth-order valence-electron chi connectivity index (χ4n) is 2.00. The molecule has 5 nitrogen and oxygen atoms in total. The van der Waals surface area contributed by atoms with Gasteiger partial charge in [0, 0.05) is 12.1 Å². The van der Waals surface area contributed by atoms with Gasteiger partial charge in [-0.05, 0) is 46.1 Å². The second-order valence-corrected chi connectivity index (χ2v) is 6.24. The molecular weight excluding hydrogens is 255 g/mol. The molecule has 2 N–H and O–H groups in total. The number of aromatic nitrogens is 1. The molecule has 1 fully saturated rings. The fraction of sp³-hybridized carbons (Fsp3) is 0.643. The van der Waals surface area contributed by atoms with Crippen LogP contribution >= 0.6 is 0 Å². The lowest BCUT2D eigenvalue weighted by atomic mass is 9.79. The Balaban J connectivity index is 2.37. The molecule has 0 spiro atoms. The predicted octanol–water partition coefficient (Wildman–Crippen LogP) is 1.41. The average molecular weight is 278 g/mol. The number of ether oxygens (including phenoxy) is 1. The first kappa shape index (κ1) is 15.3.